The van der Waals surface area contributed by atoms with Crippen LogP contribution >= 0.6 is 0 Å². The van der Waals surface area contributed by atoms with Crippen molar-refractivity contribution in [3.05, 3.63) is 72.2 Å². The lowest BCUT2D eigenvalue weighted by atomic mass is 10.1. The minimum Gasteiger partial charge on any atom is -0.340 e. The van der Waals surface area contributed by atoms with Crippen LogP contribution in [0.2, 0.25) is 0 Å². The third-order valence-electron chi connectivity index (χ3n) is 5.10. The lowest BCUT2D eigenvalue weighted by Gasteiger charge is -2.34. The number of nitrogens with zero attached hydrogens (tertiary/aromatic N) is 3. The largest absolute Gasteiger partial charge is 0.340 e. The number of aromatic nitrogens is 1. The molecule has 4 rings (SSSR count). The third-order valence-corrected chi connectivity index (χ3v) is 7.04. The third kappa shape index (κ3) is 3.86. The maximum Gasteiger partial charge on any atom is 0.246 e. The molecule has 0 spiro atoms. The molecule has 0 atom stereocenters. The number of benzene rings is 2. The van der Waals surface area contributed by atoms with Crippen LogP contribution in [-0.2, 0) is 21.2 Å². The van der Waals surface area contributed by atoms with Gasteiger partial charge in [-0.3, -0.25) is 9.78 Å². The highest BCUT2D eigenvalue weighted by molar-refractivity contribution is 7.89. The lowest BCUT2D eigenvalue weighted by molar-refractivity contribution is -0.131. The normalized spacial score (nSPS) is 15.6. The second kappa shape index (κ2) is 7.88. The molecule has 1 fully saturated rings. The summed E-state index contributed by atoms with van der Waals surface area (Å²) >= 11 is 0. The Kier molecular flexibility index (Phi) is 5.29. The number of sulfonamides is 1. The van der Waals surface area contributed by atoms with E-state index in [0.29, 0.717) is 0 Å². The molecule has 2 heterocycles. The number of hydrogen-bond acceptors (Lipinski definition) is 4. The summed E-state index contributed by atoms with van der Waals surface area (Å²) in [6.45, 7) is 0.807. The second-order valence-corrected chi connectivity index (χ2v) is 8.79. The standard InChI is InChI=1S/C21H20FN3O3S/c22-18-8-1-2-9-19(18)29(27,28)25-13-11-24(12-14-25)20(26)15-17-6-3-5-16-7-4-10-23-21(16)17/h1-10H,11-15H2. The van der Waals surface area contributed by atoms with Crippen LogP contribution < -0.4 is 0 Å². The van der Waals surface area contributed by atoms with Gasteiger partial charge in [-0.2, -0.15) is 4.31 Å². The number of para-hydroxylation sites is 1. The summed E-state index contributed by atoms with van der Waals surface area (Å²) in [7, 11) is -3.92. The fraction of sp³-hybridized carbons (Fsp3) is 0.238. The Morgan fingerprint density at radius 1 is 0.966 bits per heavy atom. The van der Waals surface area contributed by atoms with Gasteiger partial charge in [0.2, 0.25) is 15.9 Å². The molecule has 1 aliphatic rings. The van der Waals surface area contributed by atoms with E-state index >= 15 is 0 Å². The maximum atomic E-state index is 13.9. The number of amides is 1. The molecule has 2 aromatic carbocycles. The van der Waals surface area contributed by atoms with Crippen LogP contribution in [0.3, 0.4) is 0 Å². The van der Waals surface area contributed by atoms with Gasteiger partial charge in [0.1, 0.15) is 10.7 Å². The van der Waals surface area contributed by atoms with Crippen molar-refractivity contribution in [1.29, 1.82) is 0 Å². The number of piperazine rings is 1. The van der Waals surface area contributed by atoms with E-state index in [9.17, 15) is 17.6 Å². The number of fused-ring (bicyclic) bond motifs is 1. The summed E-state index contributed by atoms with van der Waals surface area (Å²) < 4.78 is 40.6. The SMILES string of the molecule is O=C(Cc1cccc2cccnc12)N1CCN(S(=O)(=O)c2ccccc2F)CC1. The predicted molar refractivity (Wildman–Crippen MR) is 107 cm³/mol. The quantitative estimate of drug-likeness (QED) is 0.659. The highest BCUT2D eigenvalue weighted by Crippen LogP contribution is 2.21. The smallest absolute Gasteiger partial charge is 0.246 e. The maximum absolute atomic E-state index is 13.9. The minimum absolute atomic E-state index is 0.0777. The zero-order chi connectivity index (χ0) is 20.4. The number of hydrogen-bond donors (Lipinski definition) is 0. The first kappa shape index (κ1) is 19.5. The van der Waals surface area contributed by atoms with Crippen molar-refractivity contribution in [3.8, 4) is 0 Å². The molecule has 3 aromatic rings. The van der Waals surface area contributed by atoms with Gasteiger partial charge in [-0.05, 0) is 23.8 Å². The fourth-order valence-corrected chi connectivity index (χ4v) is 5.04. The molecule has 0 aliphatic carbocycles. The number of rotatable bonds is 4. The van der Waals surface area contributed by atoms with Gasteiger partial charge in [-0.1, -0.05) is 36.4 Å². The van der Waals surface area contributed by atoms with Crippen molar-refractivity contribution >= 4 is 26.8 Å². The van der Waals surface area contributed by atoms with Crippen molar-refractivity contribution in [2.24, 2.45) is 0 Å². The Morgan fingerprint density at radius 3 is 2.45 bits per heavy atom. The number of halogens is 1. The van der Waals surface area contributed by atoms with Gasteiger partial charge in [0.05, 0.1) is 11.9 Å². The van der Waals surface area contributed by atoms with Crippen molar-refractivity contribution in [3.63, 3.8) is 0 Å². The van der Waals surface area contributed by atoms with Crippen molar-refractivity contribution in [2.75, 3.05) is 26.2 Å². The van der Waals surface area contributed by atoms with Gasteiger partial charge in [0.15, 0.2) is 0 Å². The van der Waals surface area contributed by atoms with E-state index in [1.54, 1.807) is 11.1 Å². The molecule has 8 heteroatoms. The van der Waals surface area contributed by atoms with Crippen LogP contribution in [0.5, 0.6) is 0 Å². The van der Waals surface area contributed by atoms with E-state index in [-0.39, 0.29) is 43.4 Å². The lowest BCUT2D eigenvalue weighted by Crippen LogP contribution is -2.51. The topological polar surface area (TPSA) is 70.6 Å². The Balaban J connectivity index is 1.44. The molecular formula is C21H20FN3O3S. The summed E-state index contributed by atoms with van der Waals surface area (Å²) in [5.74, 6) is -0.847. The average Bonchev–Trinajstić information content (AvgIpc) is 2.74. The summed E-state index contributed by atoms with van der Waals surface area (Å²) in [6.07, 6.45) is 1.90. The Hall–Kier alpha value is -2.84. The average molecular weight is 413 g/mol. The zero-order valence-corrected chi connectivity index (χ0v) is 16.5. The molecule has 0 N–H and O–H groups in total. The van der Waals surface area contributed by atoms with Crippen LogP contribution in [0, 0.1) is 5.82 Å². The Labute approximate surface area is 168 Å². The molecule has 1 aromatic heterocycles. The van der Waals surface area contributed by atoms with Crippen LogP contribution in [0.4, 0.5) is 4.39 Å². The van der Waals surface area contributed by atoms with Crippen LogP contribution in [-0.4, -0.2) is 54.7 Å². The first-order valence-electron chi connectivity index (χ1n) is 9.32. The molecule has 1 aliphatic heterocycles. The molecule has 0 unspecified atom stereocenters. The Morgan fingerprint density at radius 2 is 1.69 bits per heavy atom. The molecule has 0 saturated carbocycles. The summed E-state index contributed by atoms with van der Waals surface area (Å²) in [5, 5.41) is 0.971. The summed E-state index contributed by atoms with van der Waals surface area (Å²) in [6, 6.07) is 14.9. The predicted octanol–water partition coefficient (Wildman–Crippen LogP) is 2.45. The second-order valence-electron chi connectivity index (χ2n) is 6.88. The molecule has 29 heavy (non-hydrogen) atoms. The first-order valence-corrected chi connectivity index (χ1v) is 10.8. The zero-order valence-electron chi connectivity index (χ0n) is 15.7. The molecule has 0 radical (unpaired) electrons. The molecule has 0 bridgehead atoms. The summed E-state index contributed by atoms with van der Waals surface area (Å²) in [4.78, 5) is 18.4. The minimum atomic E-state index is -3.92. The van der Waals surface area contributed by atoms with Gasteiger partial charge in [-0.25, -0.2) is 12.8 Å². The van der Waals surface area contributed by atoms with E-state index in [1.165, 1.54) is 22.5 Å². The van der Waals surface area contributed by atoms with E-state index in [1.807, 2.05) is 30.3 Å². The highest BCUT2D eigenvalue weighted by atomic mass is 32.2. The van der Waals surface area contributed by atoms with Gasteiger partial charge in [0.25, 0.3) is 0 Å². The summed E-state index contributed by atoms with van der Waals surface area (Å²) in [5.41, 5.74) is 1.64. The van der Waals surface area contributed by atoms with Crippen LogP contribution in [0.15, 0.2) is 65.7 Å². The number of carbonyl (C=O) groups excluding carboxylic acids is 1. The molecule has 6 nitrogen and oxygen atoms in total. The van der Waals surface area contributed by atoms with Gasteiger partial charge >= 0.3 is 0 Å². The van der Waals surface area contributed by atoms with E-state index < -0.39 is 15.8 Å². The molecular weight excluding hydrogens is 393 g/mol. The Bertz CT molecular complexity index is 1150. The van der Waals surface area contributed by atoms with Crippen molar-refractivity contribution < 1.29 is 17.6 Å². The fourth-order valence-electron chi connectivity index (χ4n) is 3.56. The van der Waals surface area contributed by atoms with E-state index in [2.05, 4.69) is 4.98 Å². The molecule has 1 amide bonds. The van der Waals surface area contributed by atoms with Crippen molar-refractivity contribution in [2.45, 2.75) is 11.3 Å². The van der Waals surface area contributed by atoms with Gasteiger partial charge < -0.3 is 4.90 Å². The molecule has 1 saturated heterocycles. The molecule has 150 valence electrons. The van der Waals surface area contributed by atoms with Crippen LogP contribution in [0.25, 0.3) is 10.9 Å². The van der Waals surface area contributed by atoms with Crippen LogP contribution in [0.1, 0.15) is 5.56 Å². The van der Waals surface area contributed by atoms with Gasteiger partial charge in [0, 0.05) is 37.8 Å². The number of pyridine rings is 1. The highest BCUT2D eigenvalue weighted by Gasteiger charge is 2.31. The first-order chi connectivity index (χ1) is 14.0. The number of carbonyl (C=O) groups is 1. The van der Waals surface area contributed by atoms with E-state index in [4.69, 9.17) is 0 Å². The van der Waals surface area contributed by atoms with Gasteiger partial charge in [-0.15, -0.1) is 0 Å². The van der Waals surface area contributed by atoms with Crippen molar-refractivity contribution in [1.82, 2.24) is 14.2 Å². The monoisotopic (exact) mass is 413 g/mol. The van der Waals surface area contributed by atoms with E-state index in [0.717, 1.165) is 22.5 Å².